The number of carbonyl (C=O) groups excluding carboxylic acids is 1. The minimum atomic E-state index is -0.238. The smallest absolute Gasteiger partial charge is 0.312 e. The molecule has 1 aliphatic heterocycles. The molecule has 7 nitrogen and oxygen atoms in total. The Morgan fingerprint density at radius 1 is 1.80 bits per heavy atom. The summed E-state index contributed by atoms with van der Waals surface area (Å²) in [6, 6.07) is 0. The monoisotopic (exact) mass is 211 g/mol. The van der Waals surface area contributed by atoms with Gasteiger partial charge in [0.05, 0.1) is 26.1 Å². The Morgan fingerprint density at radius 2 is 2.60 bits per heavy atom. The number of carbonyl (C=O) groups is 1. The Morgan fingerprint density at radius 3 is 3.27 bits per heavy atom. The third-order valence-electron chi connectivity index (χ3n) is 2.33. The van der Waals surface area contributed by atoms with Crippen LogP contribution in [-0.2, 0) is 22.6 Å². The Kier molecular flexibility index (Phi) is 2.55. The van der Waals surface area contributed by atoms with Crippen LogP contribution in [0, 0.1) is 5.92 Å². The van der Waals surface area contributed by atoms with Crippen molar-refractivity contribution in [1.29, 1.82) is 0 Å². The van der Waals surface area contributed by atoms with Gasteiger partial charge in [0, 0.05) is 6.54 Å². The molecule has 7 heteroatoms. The Bertz CT molecular complexity index is 375. The second kappa shape index (κ2) is 3.85. The van der Waals surface area contributed by atoms with Crippen LogP contribution in [0.15, 0.2) is 0 Å². The van der Waals surface area contributed by atoms with E-state index in [2.05, 4.69) is 20.1 Å². The van der Waals surface area contributed by atoms with Crippen molar-refractivity contribution in [2.75, 3.05) is 19.0 Å². The lowest BCUT2D eigenvalue weighted by Crippen LogP contribution is -2.34. The third kappa shape index (κ3) is 1.78. The number of nitrogens with zero attached hydrogens (tertiary/aromatic N) is 3. The van der Waals surface area contributed by atoms with Gasteiger partial charge in [-0.1, -0.05) is 0 Å². The lowest BCUT2D eigenvalue weighted by Gasteiger charge is -2.21. The molecule has 0 aromatic carbocycles. The van der Waals surface area contributed by atoms with Gasteiger partial charge in [-0.3, -0.25) is 4.79 Å². The van der Waals surface area contributed by atoms with Crippen LogP contribution >= 0.6 is 0 Å². The summed E-state index contributed by atoms with van der Waals surface area (Å²) in [7, 11) is 1.38. The highest BCUT2D eigenvalue weighted by molar-refractivity contribution is 5.73. The predicted octanol–water partition coefficient (Wildman–Crippen LogP) is -1.05. The van der Waals surface area contributed by atoms with E-state index in [0.717, 1.165) is 0 Å². The summed E-state index contributed by atoms with van der Waals surface area (Å²) in [4.78, 5) is 15.5. The fourth-order valence-corrected chi connectivity index (χ4v) is 1.55. The van der Waals surface area contributed by atoms with Crippen LogP contribution in [0.5, 0.6) is 0 Å². The average Bonchev–Trinajstić information content (AvgIpc) is 2.69. The summed E-state index contributed by atoms with van der Waals surface area (Å²) in [5, 5.41) is 7.16. The first-order valence-corrected chi connectivity index (χ1v) is 4.70. The summed E-state index contributed by atoms with van der Waals surface area (Å²) >= 11 is 0. The van der Waals surface area contributed by atoms with Crippen molar-refractivity contribution < 1.29 is 9.53 Å². The predicted molar refractivity (Wildman–Crippen MR) is 51.9 cm³/mol. The molecule has 1 unspecified atom stereocenters. The molecule has 3 N–H and O–H groups in total. The van der Waals surface area contributed by atoms with Gasteiger partial charge in [-0.25, -0.2) is 4.68 Å². The van der Waals surface area contributed by atoms with Crippen molar-refractivity contribution >= 4 is 11.9 Å². The van der Waals surface area contributed by atoms with E-state index in [1.54, 1.807) is 4.68 Å². The highest BCUT2D eigenvalue weighted by Gasteiger charge is 2.26. The first-order chi connectivity index (χ1) is 7.24. The number of fused-ring (bicyclic) bond motifs is 1. The van der Waals surface area contributed by atoms with Crippen molar-refractivity contribution in [3.05, 3.63) is 5.82 Å². The van der Waals surface area contributed by atoms with E-state index in [9.17, 15) is 4.79 Å². The lowest BCUT2D eigenvalue weighted by molar-refractivity contribution is -0.145. The molecule has 0 saturated carbocycles. The number of anilines is 1. The van der Waals surface area contributed by atoms with Crippen molar-refractivity contribution in [2.24, 2.45) is 11.7 Å². The maximum Gasteiger partial charge on any atom is 0.312 e. The standard InChI is InChI=1S/C8H13N5O2/c1-15-7(14)5-3-10-8-11-6(2-9)12-13(8)4-5/h5H,2-4,9H2,1H3,(H,10,11,12). The molecule has 0 amide bonds. The van der Waals surface area contributed by atoms with E-state index in [-0.39, 0.29) is 11.9 Å². The second-order valence-corrected chi connectivity index (χ2v) is 3.34. The zero-order valence-electron chi connectivity index (χ0n) is 8.43. The van der Waals surface area contributed by atoms with E-state index in [4.69, 9.17) is 5.73 Å². The number of rotatable bonds is 2. The molecule has 1 atom stereocenters. The molecular formula is C8H13N5O2. The van der Waals surface area contributed by atoms with Gasteiger partial charge in [0.25, 0.3) is 0 Å². The zero-order chi connectivity index (χ0) is 10.8. The largest absolute Gasteiger partial charge is 0.469 e. The average molecular weight is 211 g/mol. The Balaban J connectivity index is 2.15. The van der Waals surface area contributed by atoms with E-state index in [0.29, 0.717) is 31.4 Å². The minimum Gasteiger partial charge on any atom is -0.469 e. The topological polar surface area (TPSA) is 95.1 Å². The van der Waals surface area contributed by atoms with Gasteiger partial charge in [0.1, 0.15) is 0 Å². The molecule has 1 aliphatic rings. The molecule has 0 bridgehead atoms. The molecule has 2 rings (SSSR count). The van der Waals surface area contributed by atoms with Gasteiger partial charge in [-0.15, -0.1) is 0 Å². The van der Waals surface area contributed by atoms with Gasteiger partial charge in [0.15, 0.2) is 5.82 Å². The Hall–Kier alpha value is -1.63. The molecular weight excluding hydrogens is 198 g/mol. The highest BCUT2D eigenvalue weighted by atomic mass is 16.5. The number of ether oxygens (including phenoxy) is 1. The number of nitrogens with two attached hydrogens (primary N) is 1. The summed E-state index contributed by atoms with van der Waals surface area (Å²) in [5.41, 5.74) is 5.42. The first kappa shape index (κ1) is 9.91. The maximum absolute atomic E-state index is 11.3. The van der Waals surface area contributed by atoms with Gasteiger partial charge >= 0.3 is 5.97 Å². The van der Waals surface area contributed by atoms with Crippen LogP contribution in [-0.4, -0.2) is 34.4 Å². The number of esters is 1. The molecule has 1 aromatic rings. The summed E-state index contributed by atoms with van der Waals surface area (Å²) in [6.45, 7) is 1.31. The van der Waals surface area contributed by atoms with Gasteiger partial charge in [-0.2, -0.15) is 10.1 Å². The van der Waals surface area contributed by atoms with Gasteiger partial charge in [0.2, 0.25) is 5.95 Å². The van der Waals surface area contributed by atoms with E-state index < -0.39 is 0 Å². The summed E-state index contributed by atoms with van der Waals surface area (Å²) in [6.07, 6.45) is 0. The highest BCUT2D eigenvalue weighted by Crippen LogP contribution is 2.16. The first-order valence-electron chi connectivity index (χ1n) is 4.70. The van der Waals surface area contributed by atoms with E-state index >= 15 is 0 Å². The van der Waals surface area contributed by atoms with Crippen molar-refractivity contribution in [2.45, 2.75) is 13.1 Å². The van der Waals surface area contributed by atoms with E-state index in [1.807, 2.05) is 0 Å². The second-order valence-electron chi connectivity index (χ2n) is 3.34. The van der Waals surface area contributed by atoms with Crippen LogP contribution in [0.3, 0.4) is 0 Å². The number of methoxy groups -OCH3 is 1. The Labute approximate surface area is 86.6 Å². The van der Waals surface area contributed by atoms with Crippen LogP contribution < -0.4 is 11.1 Å². The molecule has 1 aromatic heterocycles. The molecule has 15 heavy (non-hydrogen) atoms. The van der Waals surface area contributed by atoms with Gasteiger partial charge < -0.3 is 15.8 Å². The molecule has 0 aliphatic carbocycles. The number of nitrogens with one attached hydrogen (secondary N) is 1. The molecule has 2 heterocycles. The third-order valence-corrected chi connectivity index (χ3v) is 2.33. The fourth-order valence-electron chi connectivity index (χ4n) is 1.55. The molecule has 82 valence electrons. The quantitative estimate of drug-likeness (QED) is 0.606. The number of aromatic nitrogens is 3. The molecule has 0 spiro atoms. The van der Waals surface area contributed by atoms with Crippen molar-refractivity contribution in [1.82, 2.24) is 14.8 Å². The number of hydrogen-bond donors (Lipinski definition) is 2. The zero-order valence-corrected chi connectivity index (χ0v) is 8.43. The van der Waals surface area contributed by atoms with Gasteiger partial charge in [-0.05, 0) is 0 Å². The summed E-state index contributed by atoms with van der Waals surface area (Å²) in [5.74, 6) is 0.784. The normalized spacial score (nSPS) is 19.2. The van der Waals surface area contributed by atoms with Crippen LogP contribution in [0.4, 0.5) is 5.95 Å². The van der Waals surface area contributed by atoms with Crippen molar-refractivity contribution in [3.63, 3.8) is 0 Å². The molecule has 0 saturated heterocycles. The molecule has 0 radical (unpaired) electrons. The van der Waals surface area contributed by atoms with Crippen LogP contribution in [0.1, 0.15) is 5.82 Å². The fraction of sp³-hybridized carbons (Fsp3) is 0.625. The summed E-state index contributed by atoms with van der Waals surface area (Å²) < 4.78 is 6.32. The lowest BCUT2D eigenvalue weighted by atomic mass is 10.1. The van der Waals surface area contributed by atoms with Crippen LogP contribution in [0.2, 0.25) is 0 Å². The van der Waals surface area contributed by atoms with E-state index in [1.165, 1.54) is 7.11 Å². The SMILES string of the molecule is COC(=O)C1CNc2nc(CN)nn2C1. The molecule has 0 fully saturated rings. The van der Waals surface area contributed by atoms with Crippen molar-refractivity contribution in [3.8, 4) is 0 Å². The number of hydrogen-bond acceptors (Lipinski definition) is 6. The maximum atomic E-state index is 11.3. The minimum absolute atomic E-state index is 0.213. The van der Waals surface area contributed by atoms with Crippen LogP contribution in [0.25, 0.3) is 0 Å².